The van der Waals surface area contributed by atoms with Crippen LogP contribution in [-0.2, 0) is 16.1 Å². The van der Waals surface area contributed by atoms with Crippen LogP contribution in [0.25, 0.3) is 0 Å². The number of aromatic nitrogens is 3. The molecule has 1 aromatic carbocycles. The van der Waals surface area contributed by atoms with Crippen LogP contribution in [0.15, 0.2) is 18.2 Å². The number of piperidine rings is 1. The monoisotopic (exact) mass is 424 g/mol. The van der Waals surface area contributed by atoms with E-state index >= 15 is 0 Å². The molecule has 0 radical (unpaired) electrons. The lowest BCUT2D eigenvalue weighted by molar-refractivity contribution is -0.150. The Labute approximate surface area is 173 Å². The minimum atomic E-state index is -0.149. The topological polar surface area (TPSA) is 106 Å². The lowest BCUT2D eigenvalue weighted by Gasteiger charge is -2.30. The van der Waals surface area contributed by atoms with Gasteiger partial charge < -0.3 is 15.8 Å². The largest absolute Gasteiger partial charge is 0.466 e. The Balaban J connectivity index is 1.69. The first-order chi connectivity index (χ1) is 13.4. The van der Waals surface area contributed by atoms with Crippen LogP contribution in [0.4, 0.5) is 17.6 Å². The second-order valence-corrected chi connectivity index (χ2v) is 7.33. The number of likely N-dealkylation sites (tertiary alicyclic amines) is 1. The van der Waals surface area contributed by atoms with Crippen molar-refractivity contribution >= 4 is 46.8 Å². The average Bonchev–Trinajstić information content (AvgIpc) is 2.65. The number of carbonyl (C=O) groups excluding carboxylic acids is 1. The van der Waals surface area contributed by atoms with E-state index in [1.807, 2.05) is 6.92 Å². The first kappa shape index (κ1) is 20.6. The van der Waals surface area contributed by atoms with Crippen LogP contribution in [0.3, 0.4) is 0 Å². The van der Waals surface area contributed by atoms with Gasteiger partial charge in [-0.25, -0.2) is 0 Å². The van der Waals surface area contributed by atoms with Gasteiger partial charge in [0.25, 0.3) is 0 Å². The van der Waals surface area contributed by atoms with E-state index < -0.39 is 0 Å². The highest BCUT2D eigenvalue weighted by atomic mass is 35.5. The van der Waals surface area contributed by atoms with Gasteiger partial charge in [-0.15, -0.1) is 0 Å². The zero-order valence-electron chi connectivity index (χ0n) is 15.5. The molecule has 150 valence electrons. The Kier molecular flexibility index (Phi) is 6.88. The maximum Gasteiger partial charge on any atom is 0.310 e. The number of hydrogen-bond acceptors (Lipinski definition) is 8. The number of carbonyl (C=O) groups is 1. The van der Waals surface area contributed by atoms with Crippen LogP contribution in [0.2, 0.25) is 10.0 Å². The first-order valence-corrected chi connectivity index (χ1v) is 9.81. The van der Waals surface area contributed by atoms with Crippen LogP contribution in [0.5, 0.6) is 0 Å². The van der Waals surface area contributed by atoms with Gasteiger partial charge in [0.05, 0.1) is 29.1 Å². The predicted molar refractivity (Wildman–Crippen MR) is 109 cm³/mol. The van der Waals surface area contributed by atoms with Crippen LogP contribution in [0.1, 0.15) is 25.6 Å². The molecule has 3 rings (SSSR count). The summed E-state index contributed by atoms with van der Waals surface area (Å²) >= 11 is 12.0. The van der Waals surface area contributed by atoms with Gasteiger partial charge in [0.1, 0.15) is 5.82 Å². The highest BCUT2D eigenvalue weighted by Crippen LogP contribution is 2.26. The SMILES string of the molecule is CCOC(=O)[C@@H]1CCCN(Cc2nc(N)nc(Nc3ccc(Cl)c(Cl)c3)n2)C1. The Bertz CT molecular complexity index is 851. The van der Waals surface area contributed by atoms with Gasteiger partial charge in [0, 0.05) is 12.2 Å². The third kappa shape index (κ3) is 5.43. The predicted octanol–water partition coefficient (Wildman–Crippen LogP) is 3.28. The Morgan fingerprint density at radius 3 is 2.89 bits per heavy atom. The van der Waals surface area contributed by atoms with Gasteiger partial charge in [-0.1, -0.05) is 23.2 Å². The summed E-state index contributed by atoms with van der Waals surface area (Å²) in [5.41, 5.74) is 6.53. The molecular weight excluding hydrogens is 403 g/mol. The van der Waals surface area contributed by atoms with Crippen LogP contribution in [-0.4, -0.2) is 45.5 Å². The van der Waals surface area contributed by atoms with Crippen LogP contribution >= 0.6 is 23.2 Å². The fourth-order valence-electron chi connectivity index (χ4n) is 3.12. The molecule has 0 saturated carbocycles. The number of nitrogens with one attached hydrogen (secondary N) is 1. The number of benzene rings is 1. The standard InChI is InChI=1S/C18H22Cl2N6O2/c1-2-28-16(27)11-4-3-7-26(9-11)10-15-23-17(21)25-18(24-15)22-12-5-6-13(19)14(20)8-12/h5-6,8,11H,2-4,7,9-10H2,1H3,(H3,21,22,23,24,25)/t11-/m1/s1. The van der Waals surface area contributed by atoms with Crippen molar-refractivity contribution in [2.24, 2.45) is 5.92 Å². The molecule has 0 amide bonds. The van der Waals surface area contributed by atoms with Gasteiger partial charge in [-0.2, -0.15) is 15.0 Å². The van der Waals surface area contributed by atoms with E-state index in [9.17, 15) is 4.79 Å². The van der Waals surface area contributed by atoms with Crippen molar-refractivity contribution < 1.29 is 9.53 Å². The summed E-state index contributed by atoms with van der Waals surface area (Å²) in [5.74, 6) is 0.692. The van der Waals surface area contributed by atoms with Gasteiger partial charge in [0.15, 0.2) is 0 Å². The van der Waals surface area contributed by atoms with Crippen molar-refractivity contribution in [2.75, 3.05) is 30.7 Å². The van der Waals surface area contributed by atoms with Gasteiger partial charge in [-0.05, 0) is 44.5 Å². The fourth-order valence-corrected chi connectivity index (χ4v) is 3.42. The van der Waals surface area contributed by atoms with E-state index in [4.69, 9.17) is 33.7 Å². The average molecular weight is 425 g/mol. The van der Waals surface area contributed by atoms with E-state index in [2.05, 4.69) is 25.2 Å². The van der Waals surface area contributed by atoms with E-state index in [0.717, 1.165) is 19.4 Å². The molecule has 1 aliphatic heterocycles. The molecule has 2 heterocycles. The van der Waals surface area contributed by atoms with Crippen molar-refractivity contribution in [1.82, 2.24) is 19.9 Å². The lowest BCUT2D eigenvalue weighted by atomic mass is 9.98. The molecule has 28 heavy (non-hydrogen) atoms. The second-order valence-electron chi connectivity index (χ2n) is 6.51. The van der Waals surface area contributed by atoms with Crippen LogP contribution in [0, 0.1) is 5.92 Å². The van der Waals surface area contributed by atoms with Crippen LogP contribution < -0.4 is 11.1 Å². The molecule has 10 heteroatoms. The molecule has 1 aliphatic rings. The number of nitrogens with zero attached hydrogens (tertiary/aromatic N) is 4. The highest BCUT2D eigenvalue weighted by Gasteiger charge is 2.27. The zero-order chi connectivity index (χ0) is 20.1. The van der Waals surface area contributed by atoms with Gasteiger partial charge >= 0.3 is 5.97 Å². The summed E-state index contributed by atoms with van der Waals surface area (Å²) in [6.45, 7) is 4.15. The third-order valence-electron chi connectivity index (χ3n) is 4.37. The quantitative estimate of drug-likeness (QED) is 0.680. The maximum absolute atomic E-state index is 12.0. The van der Waals surface area contributed by atoms with E-state index in [-0.39, 0.29) is 17.8 Å². The van der Waals surface area contributed by atoms with Gasteiger partial charge in [-0.3, -0.25) is 9.69 Å². The molecule has 1 aromatic heterocycles. The summed E-state index contributed by atoms with van der Waals surface area (Å²) < 4.78 is 5.15. The minimum Gasteiger partial charge on any atom is -0.466 e. The smallest absolute Gasteiger partial charge is 0.310 e. The summed E-state index contributed by atoms with van der Waals surface area (Å²) in [6, 6.07) is 5.13. The van der Waals surface area contributed by atoms with Crippen molar-refractivity contribution in [3.05, 3.63) is 34.1 Å². The number of hydrogen-bond donors (Lipinski definition) is 2. The number of nitrogens with two attached hydrogens (primary N) is 1. The Morgan fingerprint density at radius 1 is 1.32 bits per heavy atom. The first-order valence-electron chi connectivity index (χ1n) is 9.06. The lowest BCUT2D eigenvalue weighted by Crippen LogP contribution is -2.39. The Morgan fingerprint density at radius 2 is 2.14 bits per heavy atom. The maximum atomic E-state index is 12.0. The molecule has 1 saturated heterocycles. The molecular formula is C18H22Cl2N6O2. The highest BCUT2D eigenvalue weighted by molar-refractivity contribution is 6.42. The normalized spacial score (nSPS) is 17.3. The number of anilines is 3. The van der Waals surface area contributed by atoms with Crippen molar-refractivity contribution in [3.8, 4) is 0 Å². The van der Waals surface area contributed by atoms with Crippen molar-refractivity contribution in [2.45, 2.75) is 26.3 Å². The molecule has 8 nitrogen and oxygen atoms in total. The molecule has 0 spiro atoms. The molecule has 1 atom stereocenters. The number of halogens is 2. The third-order valence-corrected chi connectivity index (χ3v) is 5.10. The Hall–Kier alpha value is -2.16. The van der Waals surface area contributed by atoms with Gasteiger partial charge in [0.2, 0.25) is 11.9 Å². The van der Waals surface area contributed by atoms with E-state index in [1.165, 1.54) is 0 Å². The fraction of sp³-hybridized carbons (Fsp3) is 0.444. The zero-order valence-corrected chi connectivity index (χ0v) is 17.0. The number of rotatable bonds is 6. The number of nitrogen functional groups attached to an aromatic ring is 1. The van der Waals surface area contributed by atoms with Crippen molar-refractivity contribution in [3.63, 3.8) is 0 Å². The molecule has 0 aliphatic carbocycles. The molecule has 3 N–H and O–H groups in total. The summed E-state index contributed by atoms with van der Waals surface area (Å²) in [4.78, 5) is 26.9. The van der Waals surface area contributed by atoms with E-state index in [0.29, 0.717) is 47.2 Å². The summed E-state index contributed by atoms with van der Waals surface area (Å²) in [7, 11) is 0. The summed E-state index contributed by atoms with van der Waals surface area (Å²) in [5, 5.41) is 3.94. The molecule has 1 fully saturated rings. The van der Waals surface area contributed by atoms with Crippen molar-refractivity contribution in [1.29, 1.82) is 0 Å². The number of esters is 1. The van der Waals surface area contributed by atoms with E-state index in [1.54, 1.807) is 18.2 Å². The molecule has 0 unspecified atom stereocenters. The summed E-state index contributed by atoms with van der Waals surface area (Å²) in [6.07, 6.45) is 1.75. The number of ether oxygens (including phenoxy) is 1. The molecule has 2 aromatic rings. The second kappa shape index (κ2) is 9.36. The molecule has 0 bridgehead atoms. The minimum absolute atomic E-state index is 0.117.